The highest BCUT2D eigenvalue weighted by molar-refractivity contribution is 6.21. The summed E-state index contributed by atoms with van der Waals surface area (Å²) in [5.74, 6) is 0. The van der Waals surface area contributed by atoms with Crippen LogP contribution in [0.4, 0.5) is 0 Å². The first-order valence-corrected chi connectivity index (χ1v) is 4.07. The number of aliphatic hydroxyl groups is 2. The van der Waals surface area contributed by atoms with Crippen molar-refractivity contribution in [3.63, 3.8) is 0 Å². The second kappa shape index (κ2) is 6.23. The molecule has 0 rings (SSSR count). The molecule has 0 aromatic heterocycles. The summed E-state index contributed by atoms with van der Waals surface area (Å²) in [7, 11) is 0. The standard InChI is InChI=1S/C6H12Cl2O2/c7-5(3-9)1-2-6(8)4-10/h5-6,9-10H,1-4H2/t5-,6-/m0/s1. The zero-order valence-corrected chi connectivity index (χ0v) is 7.15. The normalized spacial score (nSPS) is 16.8. The number of rotatable bonds is 5. The third kappa shape index (κ3) is 5.30. The Labute approximate surface area is 70.8 Å². The summed E-state index contributed by atoms with van der Waals surface area (Å²) in [5.41, 5.74) is 0. The van der Waals surface area contributed by atoms with E-state index in [0.717, 1.165) is 0 Å². The lowest BCUT2D eigenvalue weighted by molar-refractivity contribution is 0.270. The molecule has 0 aromatic rings. The highest BCUT2D eigenvalue weighted by Crippen LogP contribution is 2.10. The van der Waals surface area contributed by atoms with Gasteiger partial charge >= 0.3 is 0 Å². The third-order valence-electron chi connectivity index (χ3n) is 1.19. The Morgan fingerprint density at radius 1 is 0.900 bits per heavy atom. The minimum absolute atomic E-state index is 0.0312. The molecule has 0 spiro atoms. The Kier molecular flexibility index (Phi) is 6.54. The number of alkyl halides is 2. The highest BCUT2D eigenvalue weighted by atomic mass is 35.5. The van der Waals surface area contributed by atoms with Gasteiger partial charge in [-0.1, -0.05) is 0 Å². The van der Waals surface area contributed by atoms with Gasteiger partial charge in [0.2, 0.25) is 0 Å². The first-order chi connectivity index (χ1) is 4.70. The van der Waals surface area contributed by atoms with Gasteiger partial charge in [0.1, 0.15) is 0 Å². The van der Waals surface area contributed by atoms with Gasteiger partial charge in [-0.25, -0.2) is 0 Å². The fraction of sp³-hybridized carbons (Fsp3) is 1.00. The van der Waals surface area contributed by atoms with Crippen LogP contribution >= 0.6 is 23.2 Å². The minimum atomic E-state index is -0.229. The molecule has 0 saturated carbocycles. The molecule has 0 aliphatic heterocycles. The molecule has 4 heteroatoms. The van der Waals surface area contributed by atoms with Gasteiger partial charge in [-0.3, -0.25) is 0 Å². The predicted octanol–water partition coefficient (Wildman–Crippen LogP) is 0.966. The average molecular weight is 187 g/mol. The smallest absolute Gasteiger partial charge is 0.0595 e. The molecular weight excluding hydrogens is 175 g/mol. The van der Waals surface area contributed by atoms with Crippen molar-refractivity contribution in [1.29, 1.82) is 0 Å². The summed E-state index contributed by atoms with van der Waals surface area (Å²) in [5, 5.41) is 16.5. The predicted molar refractivity (Wildman–Crippen MR) is 42.7 cm³/mol. The van der Waals surface area contributed by atoms with Crippen LogP contribution in [0.15, 0.2) is 0 Å². The van der Waals surface area contributed by atoms with Crippen LogP contribution in [0.2, 0.25) is 0 Å². The van der Waals surface area contributed by atoms with Gasteiger partial charge in [0, 0.05) is 0 Å². The van der Waals surface area contributed by atoms with E-state index in [1.165, 1.54) is 0 Å². The Bertz CT molecular complexity index is 70.1. The van der Waals surface area contributed by atoms with Crippen LogP contribution in [-0.2, 0) is 0 Å². The van der Waals surface area contributed by atoms with Crippen LogP contribution in [-0.4, -0.2) is 34.2 Å². The van der Waals surface area contributed by atoms with Crippen molar-refractivity contribution in [2.75, 3.05) is 13.2 Å². The van der Waals surface area contributed by atoms with E-state index in [1.54, 1.807) is 0 Å². The van der Waals surface area contributed by atoms with Crippen molar-refractivity contribution in [2.45, 2.75) is 23.6 Å². The first kappa shape index (κ1) is 10.5. The molecule has 0 aliphatic rings. The molecule has 0 unspecified atom stereocenters. The maximum atomic E-state index is 8.48. The highest BCUT2D eigenvalue weighted by Gasteiger charge is 2.06. The molecule has 0 aromatic carbocycles. The maximum Gasteiger partial charge on any atom is 0.0595 e. The van der Waals surface area contributed by atoms with Gasteiger partial charge in [-0.15, -0.1) is 23.2 Å². The topological polar surface area (TPSA) is 40.5 Å². The first-order valence-electron chi connectivity index (χ1n) is 3.20. The van der Waals surface area contributed by atoms with E-state index in [0.29, 0.717) is 12.8 Å². The molecule has 2 atom stereocenters. The molecule has 2 nitrogen and oxygen atoms in total. The van der Waals surface area contributed by atoms with E-state index in [4.69, 9.17) is 33.4 Å². The molecule has 10 heavy (non-hydrogen) atoms. The Morgan fingerprint density at radius 2 is 1.20 bits per heavy atom. The van der Waals surface area contributed by atoms with Crippen LogP contribution in [0.1, 0.15) is 12.8 Å². The van der Waals surface area contributed by atoms with Crippen LogP contribution in [0.3, 0.4) is 0 Å². The third-order valence-corrected chi connectivity index (χ3v) is 1.90. The average Bonchev–Trinajstić information content (AvgIpc) is 1.99. The number of aliphatic hydroxyl groups excluding tert-OH is 2. The van der Waals surface area contributed by atoms with Crippen molar-refractivity contribution in [1.82, 2.24) is 0 Å². The van der Waals surface area contributed by atoms with Crippen molar-refractivity contribution in [2.24, 2.45) is 0 Å². The van der Waals surface area contributed by atoms with Crippen molar-refractivity contribution in [3.05, 3.63) is 0 Å². The summed E-state index contributed by atoms with van der Waals surface area (Å²) < 4.78 is 0. The second-order valence-corrected chi connectivity index (χ2v) is 3.37. The van der Waals surface area contributed by atoms with Gasteiger partial charge in [0.15, 0.2) is 0 Å². The molecule has 0 bridgehead atoms. The number of halogens is 2. The lowest BCUT2D eigenvalue weighted by Crippen LogP contribution is -2.10. The quantitative estimate of drug-likeness (QED) is 0.629. The monoisotopic (exact) mass is 186 g/mol. The van der Waals surface area contributed by atoms with Crippen LogP contribution in [0.25, 0.3) is 0 Å². The molecule has 2 N–H and O–H groups in total. The fourth-order valence-electron chi connectivity index (χ4n) is 0.544. The van der Waals surface area contributed by atoms with Crippen LogP contribution in [0, 0.1) is 0 Å². The molecule has 0 aliphatic carbocycles. The van der Waals surface area contributed by atoms with Gasteiger partial charge in [0.25, 0.3) is 0 Å². The van der Waals surface area contributed by atoms with E-state index >= 15 is 0 Å². The summed E-state index contributed by atoms with van der Waals surface area (Å²) in [6.07, 6.45) is 1.29. The van der Waals surface area contributed by atoms with E-state index in [-0.39, 0.29) is 24.0 Å². The van der Waals surface area contributed by atoms with Gasteiger partial charge < -0.3 is 10.2 Å². The molecular formula is C6H12Cl2O2. The Balaban J connectivity index is 3.17. The van der Waals surface area contributed by atoms with Gasteiger partial charge in [-0.2, -0.15) is 0 Å². The van der Waals surface area contributed by atoms with E-state index in [9.17, 15) is 0 Å². The SMILES string of the molecule is OC[C@@H](Cl)CC[C@H](Cl)CO. The lowest BCUT2D eigenvalue weighted by Gasteiger charge is -2.07. The Hall–Kier alpha value is 0.500. The van der Waals surface area contributed by atoms with E-state index < -0.39 is 0 Å². The van der Waals surface area contributed by atoms with Crippen molar-refractivity contribution in [3.8, 4) is 0 Å². The molecule has 0 radical (unpaired) electrons. The fourth-order valence-corrected chi connectivity index (χ4v) is 0.796. The minimum Gasteiger partial charge on any atom is -0.395 e. The largest absolute Gasteiger partial charge is 0.395 e. The molecule has 0 fully saturated rings. The lowest BCUT2D eigenvalue weighted by atomic mass is 10.2. The Morgan fingerprint density at radius 3 is 1.40 bits per heavy atom. The second-order valence-electron chi connectivity index (χ2n) is 2.14. The van der Waals surface area contributed by atoms with Crippen LogP contribution in [0.5, 0.6) is 0 Å². The molecule has 62 valence electrons. The molecule has 0 heterocycles. The van der Waals surface area contributed by atoms with E-state index in [2.05, 4.69) is 0 Å². The van der Waals surface area contributed by atoms with E-state index in [1.807, 2.05) is 0 Å². The molecule has 0 amide bonds. The van der Waals surface area contributed by atoms with Gasteiger partial charge in [-0.05, 0) is 12.8 Å². The number of hydrogen-bond donors (Lipinski definition) is 2. The zero-order chi connectivity index (χ0) is 7.98. The molecule has 0 saturated heterocycles. The summed E-state index contributed by atoms with van der Waals surface area (Å²) >= 11 is 11.2. The summed E-state index contributed by atoms with van der Waals surface area (Å²) in [6.45, 7) is -0.0623. The van der Waals surface area contributed by atoms with Crippen LogP contribution < -0.4 is 0 Å². The summed E-state index contributed by atoms with van der Waals surface area (Å²) in [6, 6.07) is 0. The zero-order valence-electron chi connectivity index (χ0n) is 5.63. The maximum absolute atomic E-state index is 8.48. The van der Waals surface area contributed by atoms with Crippen molar-refractivity contribution >= 4 is 23.2 Å². The van der Waals surface area contributed by atoms with Gasteiger partial charge in [0.05, 0.1) is 24.0 Å². The summed E-state index contributed by atoms with van der Waals surface area (Å²) in [4.78, 5) is 0. The van der Waals surface area contributed by atoms with Crippen molar-refractivity contribution < 1.29 is 10.2 Å². The number of hydrogen-bond acceptors (Lipinski definition) is 2.